The van der Waals surface area contributed by atoms with Crippen LogP contribution in [-0.4, -0.2) is 22.9 Å². The van der Waals surface area contributed by atoms with Crippen LogP contribution in [0.4, 0.5) is 0 Å². The minimum absolute atomic E-state index is 0.211. The van der Waals surface area contributed by atoms with E-state index in [2.05, 4.69) is 20.4 Å². The minimum Gasteiger partial charge on any atom is -0.396 e. The van der Waals surface area contributed by atoms with Gasteiger partial charge in [-0.15, -0.1) is 0 Å². The molecule has 3 unspecified atom stereocenters. The molecule has 0 aliphatic carbocycles. The lowest BCUT2D eigenvalue weighted by molar-refractivity contribution is 0.174. The number of hydrogen-bond donors (Lipinski definition) is 2. The van der Waals surface area contributed by atoms with Crippen molar-refractivity contribution in [3.05, 3.63) is 12.2 Å². The molecule has 3 atom stereocenters. The predicted octanol–water partition coefficient (Wildman–Crippen LogP) is 3.14. The lowest BCUT2D eigenvalue weighted by Gasteiger charge is -2.19. The van der Waals surface area contributed by atoms with Crippen LogP contribution in [0.2, 0.25) is 0 Å². The van der Waals surface area contributed by atoms with Crippen molar-refractivity contribution in [3.63, 3.8) is 0 Å². The molecule has 0 saturated heterocycles. The molecule has 0 fully saturated rings. The Bertz CT molecular complexity index is 187. The Kier molecular flexibility index (Phi) is 8.58. The van der Waals surface area contributed by atoms with E-state index in [1.54, 1.807) is 0 Å². The Morgan fingerprint density at radius 1 is 1.06 bits per heavy atom. The van der Waals surface area contributed by atoms with E-state index >= 15 is 0 Å². The first-order valence-corrected chi connectivity index (χ1v) is 6.41. The molecule has 16 heavy (non-hydrogen) atoms. The van der Waals surface area contributed by atoms with Gasteiger partial charge in [0.2, 0.25) is 0 Å². The molecular formula is C14H28O2. The van der Waals surface area contributed by atoms with E-state index in [4.69, 9.17) is 5.11 Å². The van der Waals surface area contributed by atoms with Crippen LogP contribution >= 0.6 is 0 Å². The molecule has 0 aromatic rings. The summed E-state index contributed by atoms with van der Waals surface area (Å²) >= 11 is 0. The molecule has 0 rings (SSSR count). The van der Waals surface area contributed by atoms with Crippen molar-refractivity contribution in [1.29, 1.82) is 0 Å². The van der Waals surface area contributed by atoms with Crippen molar-refractivity contribution < 1.29 is 10.2 Å². The normalized spacial score (nSPS) is 16.8. The molecular weight excluding hydrogens is 200 g/mol. The third-order valence-corrected chi connectivity index (χ3v) is 3.26. The highest BCUT2D eigenvalue weighted by Crippen LogP contribution is 2.24. The van der Waals surface area contributed by atoms with Crippen LogP contribution in [0.1, 0.15) is 52.9 Å². The Labute approximate surface area is 100 Å². The van der Waals surface area contributed by atoms with E-state index in [1.807, 2.05) is 6.92 Å². The van der Waals surface area contributed by atoms with Crippen LogP contribution in [-0.2, 0) is 0 Å². The Hall–Kier alpha value is -0.340. The topological polar surface area (TPSA) is 40.5 Å². The van der Waals surface area contributed by atoms with Gasteiger partial charge in [0.25, 0.3) is 0 Å². The van der Waals surface area contributed by atoms with E-state index in [9.17, 15) is 5.11 Å². The molecule has 0 saturated carbocycles. The summed E-state index contributed by atoms with van der Waals surface area (Å²) in [6.07, 6.45) is 4.82. The average molecular weight is 228 g/mol. The van der Waals surface area contributed by atoms with Gasteiger partial charge in [-0.05, 0) is 51.4 Å². The summed E-state index contributed by atoms with van der Waals surface area (Å²) in [6, 6.07) is 0. The van der Waals surface area contributed by atoms with Crippen LogP contribution in [0.3, 0.4) is 0 Å². The fraction of sp³-hybridized carbons (Fsp3) is 0.857. The van der Waals surface area contributed by atoms with E-state index in [1.165, 1.54) is 5.57 Å². The molecule has 0 aliphatic rings. The molecule has 2 N–H and O–H groups in total. The average Bonchev–Trinajstić information content (AvgIpc) is 2.17. The molecule has 0 spiro atoms. The van der Waals surface area contributed by atoms with Crippen LogP contribution in [0.5, 0.6) is 0 Å². The highest BCUT2D eigenvalue weighted by Gasteiger charge is 2.12. The Morgan fingerprint density at radius 3 is 2.06 bits per heavy atom. The largest absolute Gasteiger partial charge is 0.396 e. The van der Waals surface area contributed by atoms with Crippen LogP contribution < -0.4 is 0 Å². The quantitative estimate of drug-likeness (QED) is 0.595. The van der Waals surface area contributed by atoms with Crippen molar-refractivity contribution in [2.45, 2.75) is 59.0 Å². The third-order valence-electron chi connectivity index (χ3n) is 3.26. The fourth-order valence-corrected chi connectivity index (χ4v) is 1.93. The first-order chi connectivity index (χ1) is 7.47. The van der Waals surface area contributed by atoms with Crippen molar-refractivity contribution in [1.82, 2.24) is 0 Å². The first kappa shape index (κ1) is 15.7. The van der Waals surface area contributed by atoms with Gasteiger partial charge in [0, 0.05) is 6.61 Å². The van der Waals surface area contributed by atoms with Crippen molar-refractivity contribution in [3.8, 4) is 0 Å². The molecule has 0 aliphatic heterocycles. The molecule has 96 valence electrons. The number of allylic oxidation sites excluding steroid dienone is 1. The Balaban J connectivity index is 3.89. The van der Waals surface area contributed by atoms with Gasteiger partial charge in [0.1, 0.15) is 0 Å². The molecule has 0 heterocycles. The van der Waals surface area contributed by atoms with Gasteiger partial charge >= 0.3 is 0 Å². The highest BCUT2D eigenvalue weighted by molar-refractivity contribution is 4.96. The van der Waals surface area contributed by atoms with Crippen LogP contribution in [0.25, 0.3) is 0 Å². The zero-order valence-electron chi connectivity index (χ0n) is 11.1. The van der Waals surface area contributed by atoms with E-state index < -0.39 is 0 Å². The van der Waals surface area contributed by atoms with E-state index in [0.717, 1.165) is 32.1 Å². The summed E-state index contributed by atoms with van der Waals surface area (Å²) in [6.45, 7) is 10.4. The maximum absolute atomic E-state index is 9.28. The molecule has 0 aromatic carbocycles. The van der Waals surface area contributed by atoms with Gasteiger partial charge < -0.3 is 10.2 Å². The number of aliphatic hydroxyl groups is 2. The third kappa shape index (κ3) is 7.89. The summed E-state index contributed by atoms with van der Waals surface area (Å²) in [5.74, 6) is 1.11. The Morgan fingerprint density at radius 2 is 1.62 bits per heavy atom. The van der Waals surface area contributed by atoms with Gasteiger partial charge in [-0.2, -0.15) is 0 Å². The minimum atomic E-state index is -0.211. The summed E-state index contributed by atoms with van der Waals surface area (Å²) in [4.78, 5) is 0. The molecule has 0 aromatic heterocycles. The van der Waals surface area contributed by atoms with E-state index in [0.29, 0.717) is 11.8 Å². The van der Waals surface area contributed by atoms with Crippen molar-refractivity contribution in [2.75, 3.05) is 6.61 Å². The van der Waals surface area contributed by atoms with Crippen LogP contribution in [0, 0.1) is 11.8 Å². The van der Waals surface area contributed by atoms with Gasteiger partial charge in [0.05, 0.1) is 6.10 Å². The van der Waals surface area contributed by atoms with E-state index in [-0.39, 0.29) is 12.7 Å². The first-order valence-electron chi connectivity index (χ1n) is 6.41. The zero-order chi connectivity index (χ0) is 12.6. The lowest BCUT2D eigenvalue weighted by atomic mass is 9.87. The van der Waals surface area contributed by atoms with Crippen molar-refractivity contribution in [2.24, 2.45) is 11.8 Å². The summed E-state index contributed by atoms with van der Waals surface area (Å²) in [5, 5.41) is 18.1. The molecule has 2 nitrogen and oxygen atoms in total. The van der Waals surface area contributed by atoms with Crippen LogP contribution in [0.15, 0.2) is 12.2 Å². The monoisotopic (exact) mass is 228 g/mol. The summed E-state index contributed by atoms with van der Waals surface area (Å²) < 4.78 is 0. The number of rotatable bonds is 9. The molecule has 2 heteroatoms. The van der Waals surface area contributed by atoms with Gasteiger partial charge in [-0.25, -0.2) is 0 Å². The standard InChI is InChI=1S/C14H28O2/c1-11(2)14(8-6-13(4)16)7-5-12(3)9-10-15/h12-16H,1,5-10H2,2-4H3. The number of hydrogen-bond acceptors (Lipinski definition) is 2. The lowest BCUT2D eigenvalue weighted by Crippen LogP contribution is -2.09. The second-order valence-electron chi connectivity index (χ2n) is 5.16. The molecule has 0 amide bonds. The molecule has 0 radical (unpaired) electrons. The highest BCUT2D eigenvalue weighted by atomic mass is 16.3. The summed E-state index contributed by atoms with van der Waals surface area (Å²) in [5.41, 5.74) is 1.22. The van der Waals surface area contributed by atoms with Gasteiger partial charge in [-0.3, -0.25) is 0 Å². The summed E-state index contributed by atoms with van der Waals surface area (Å²) in [7, 11) is 0. The number of aliphatic hydroxyl groups excluding tert-OH is 2. The molecule has 0 bridgehead atoms. The smallest absolute Gasteiger partial charge is 0.0512 e. The predicted molar refractivity (Wildman–Crippen MR) is 69.3 cm³/mol. The fourth-order valence-electron chi connectivity index (χ4n) is 1.93. The second kappa shape index (κ2) is 8.77. The maximum atomic E-state index is 9.28. The maximum Gasteiger partial charge on any atom is 0.0512 e. The van der Waals surface area contributed by atoms with Gasteiger partial charge in [-0.1, -0.05) is 25.5 Å². The SMILES string of the molecule is C=C(C)C(CCC(C)O)CCC(C)CCO. The second-order valence-corrected chi connectivity index (χ2v) is 5.16. The zero-order valence-corrected chi connectivity index (χ0v) is 11.1. The van der Waals surface area contributed by atoms with Gasteiger partial charge in [0.15, 0.2) is 0 Å². The van der Waals surface area contributed by atoms with Crippen molar-refractivity contribution >= 4 is 0 Å².